The minimum atomic E-state index is -1.76. The summed E-state index contributed by atoms with van der Waals surface area (Å²) in [5.41, 5.74) is -0.392. The van der Waals surface area contributed by atoms with Gasteiger partial charge in [-0.05, 0) is 56.2 Å². The maximum atomic E-state index is 14.8. The van der Waals surface area contributed by atoms with Crippen molar-refractivity contribution in [3.63, 3.8) is 0 Å². The third kappa shape index (κ3) is 4.44. The Hall–Kier alpha value is -3.83. The van der Waals surface area contributed by atoms with Crippen LogP contribution in [0.1, 0.15) is 42.7 Å². The average molecular weight is 521 g/mol. The van der Waals surface area contributed by atoms with Crippen molar-refractivity contribution in [1.29, 1.82) is 0 Å². The largest absolute Gasteiger partial charge is 0.351 e. The van der Waals surface area contributed by atoms with Crippen molar-refractivity contribution in [3.8, 4) is 12.3 Å². The first kappa shape index (κ1) is 24.8. The molecule has 1 saturated heterocycles. The van der Waals surface area contributed by atoms with Gasteiger partial charge in [-0.15, -0.1) is 6.42 Å². The fourth-order valence-corrected chi connectivity index (χ4v) is 5.55. The van der Waals surface area contributed by atoms with E-state index in [4.69, 9.17) is 18.0 Å². The Bertz CT molecular complexity index is 1470. The molecule has 0 bridgehead atoms. The normalized spacial score (nSPS) is 21.5. The number of carbonyl (C=O) groups is 3. The van der Waals surface area contributed by atoms with E-state index in [1.54, 1.807) is 30.3 Å². The molecule has 3 amide bonds. The smallest absolute Gasteiger partial charge is 0.268 e. The highest BCUT2D eigenvalue weighted by Crippen LogP contribution is 2.46. The van der Waals surface area contributed by atoms with Crippen molar-refractivity contribution in [2.45, 2.75) is 49.9 Å². The SMILES string of the molecule is C#C[C@@H]1C[C@@]2(CN1C(=O)[C@H](CC(C)(C)F)NC(=O)c1cc3cc(Cl)ccc3[nH]1)C(=O)Nc1ccccc12. The third-order valence-electron chi connectivity index (χ3n) is 7.08. The number of carbonyl (C=O) groups excluding carboxylic acids is 3. The fourth-order valence-electron chi connectivity index (χ4n) is 5.37. The van der Waals surface area contributed by atoms with Gasteiger partial charge in [-0.2, -0.15) is 0 Å². The van der Waals surface area contributed by atoms with Gasteiger partial charge >= 0.3 is 0 Å². The lowest BCUT2D eigenvalue weighted by Crippen LogP contribution is -2.52. The zero-order valence-electron chi connectivity index (χ0n) is 20.4. The summed E-state index contributed by atoms with van der Waals surface area (Å²) in [6, 6.07) is 12.2. The molecule has 7 nitrogen and oxygen atoms in total. The van der Waals surface area contributed by atoms with E-state index in [-0.39, 0.29) is 31.0 Å². The number of nitrogens with zero attached hydrogens (tertiary/aromatic N) is 1. The second kappa shape index (κ2) is 8.93. The Balaban J connectivity index is 1.44. The van der Waals surface area contributed by atoms with Gasteiger partial charge in [0.05, 0.1) is 11.5 Å². The fraction of sp³-hybridized carbons (Fsp3) is 0.321. The second-order valence-corrected chi connectivity index (χ2v) is 10.7. The number of likely N-dealkylation sites (tertiary alicyclic amines) is 1. The number of rotatable bonds is 5. The highest BCUT2D eigenvalue weighted by Gasteiger charge is 2.56. The van der Waals surface area contributed by atoms with Gasteiger partial charge in [-0.25, -0.2) is 4.39 Å². The summed E-state index contributed by atoms with van der Waals surface area (Å²) in [4.78, 5) is 44.5. The van der Waals surface area contributed by atoms with Crippen LogP contribution in [0.3, 0.4) is 0 Å². The minimum Gasteiger partial charge on any atom is -0.351 e. The molecule has 2 aromatic carbocycles. The standard InChI is InChI=1S/C28H26ClFN4O3/c1-4-18-13-28(19-7-5-6-8-21(19)33-26(28)37)15-34(18)25(36)23(14-27(2,3)30)32-24(35)22-12-16-11-17(29)9-10-20(16)31-22/h1,5-12,18,23,31H,13-15H2,2-3H3,(H,32,35)(H,33,37)/t18-,23+,28+/m1/s1. The van der Waals surface area contributed by atoms with Crippen molar-refractivity contribution in [2.24, 2.45) is 0 Å². The maximum absolute atomic E-state index is 14.8. The van der Waals surface area contributed by atoms with E-state index in [1.165, 1.54) is 18.7 Å². The molecule has 2 aliphatic rings. The van der Waals surface area contributed by atoms with Crippen LogP contribution in [0.2, 0.25) is 5.02 Å². The molecule has 0 unspecified atom stereocenters. The van der Waals surface area contributed by atoms with Gasteiger partial charge in [0, 0.05) is 34.6 Å². The van der Waals surface area contributed by atoms with Gasteiger partial charge in [0.25, 0.3) is 5.91 Å². The summed E-state index contributed by atoms with van der Waals surface area (Å²) < 4.78 is 14.8. The zero-order valence-corrected chi connectivity index (χ0v) is 21.2. The number of anilines is 1. The highest BCUT2D eigenvalue weighted by molar-refractivity contribution is 6.31. The number of alkyl halides is 1. The summed E-state index contributed by atoms with van der Waals surface area (Å²) >= 11 is 6.05. The molecular formula is C28H26ClFN4O3. The van der Waals surface area contributed by atoms with E-state index in [1.807, 2.05) is 18.2 Å². The summed E-state index contributed by atoms with van der Waals surface area (Å²) in [6.07, 6.45) is 5.77. The molecule has 1 fully saturated rings. The molecule has 3 aromatic rings. The van der Waals surface area contributed by atoms with Gasteiger partial charge in [0.2, 0.25) is 11.8 Å². The molecule has 1 aromatic heterocycles. The number of fused-ring (bicyclic) bond motifs is 3. The zero-order chi connectivity index (χ0) is 26.5. The predicted octanol–water partition coefficient (Wildman–Crippen LogP) is 4.18. The number of hydrogen-bond donors (Lipinski definition) is 3. The first-order chi connectivity index (χ1) is 17.5. The number of hydrogen-bond acceptors (Lipinski definition) is 3. The van der Waals surface area contributed by atoms with Crippen LogP contribution in [0.4, 0.5) is 10.1 Å². The molecule has 3 N–H and O–H groups in total. The molecule has 0 radical (unpaired) electrons. The van der Waals surface area contributed by atoms with Crippen LogP contribution in [-0.4, -0.2) is 51.9 Å². The number of nitrogens with one attached hydrogen (secondary N) is 3. The second-order valence-electron chi connectivity index (χ2n) is 10.3. The summed E-state index contributed by atoms with van der Waals surface area (Å²) in [6.45, 7) is 2.72. The lowest BCUT2D eigenvalue weighted by Gasteiger charge is -2.30. The number of terminal acetylenes is 1. The molecule has 5 rings (SSSR count). The maximum Gasteiger partial charge on any atom is 0.268 e. The molecule has 9 heteroatoms. The molecule has 3 atom stereocenters. The molecular weight excluding hydrogens is 495 g/mol. The number of H-pyrrole nitrogens is 1. The number of aromatic nitrogens is 1. The quantitative estimate of drug-likeness (QED) is 0.440. The van der Waals surface area contributed by atoms with E-state index in [2.05, 4.69) is 21.5 Å². The minimum absolute atomic E-state index is 0.0352. The molecule has 190 valence electrons. The van der Waals surface area contributed by atoms with Gasteiger partial charge in [-0.1, -0.05) is 35.7 Å². The molecule has 2 aliphatic heterocycles. The summed E-state index contributed by atoms with van der Waals surface area (Å²) in [7, 11) is 0. The average Bonchev–Trinajstić information content (AvgIpc) is 3.51. The van der Waals surface area contributed by atoms with Crippen LogP contribution in [0.25, 0.3) is 10.9 Å². The number of para-hydroxylation sites is 1. The van der Waals surface area contributed by atoms with Gasteiger partial charge in [-0.3, -0.25) is 14.4 Å². The first-order valence-corrected chi connectivity index (χ1v) is 12.3. The highest BCUT2D eigenvalue weighted by atomic mass is 35.5. The van der Waals surface area contributed by atoms with Crippen LogP contribution in [-0.2, 0) is 15.0 Å². The van der Waals surface area contributed by atoms with Crippen LogP contribution in [0.5, 0.6) is 0 Å². The Kier molecular flexibility index (Phi) is 5.99. The molecule has 1 spiro atoms. The van der Waals surface area contributed by atoms with E-state index in [0.29, 0.717) is 16.2 Å². The van der Waals surface area contributed by atoms with Crippen LogP contribution in [0.15, 0.2) is 48.5 Å². The Morgan fingerprint density at radius 1 is 1.30 bits per heavy atom. The topological polar surface area (TPSA) is 94.3 Å². The predicted molar refractivity (Wildman–Crippen MR) is 140 cm³/mol. The summed E-state index contributed by atoms with van der Waals surface area (Å²) in [5.74, 6) is 1.30. The molecule has 37 heavy (non-hydrogen) atoms. The van der Waals surface area contributed by atoms with Crippen molar-refractivity contribution in [2.75, 3.05) is 11.9 Å². The van der Waals surface area contributed by atoms with Crippen molar-refractivity contribution in [3.05, 3.63) is 64.8 Å². The molecule has 3 heterocycles. The van der Waals surface area contributed by atoms with E-state index >= 15 is 0 Å². The van der Waals surface area contributed by atoms with E-state index < -0.39 is 35.0 Å². The van der Waals surface area contributed by atoms with E-state index in [0.717, 1.165) is 10.9 Å². The third-order valence-corrected chi connectivity index (χ3v) is 7.31. The monoisotopic (exact) mass is 520 g/mol. The van der Waals surface area contributed by atoms with Crippen molar-refractivity contribution >= 4 is 45.9 Å². The van der Waals surface area contributed by atoms with E-state index in [9.17, 15) is 18.8 Å². The number of amides is 3. The lowest BCUT2D eigenvalue weighted by molar-refractivity contribution is -0.134. The van der Waals surface area contributed by atoms with Gasteiger partial charge in [0.15, 0.2) is 0 Å². The first-order valence-electron chi connectivity index (χ1n) is 12.0. The van der Waals surface area contributed by atoms with Crippen LogP contribution in [0, 0.1) is 12.3 Å². The Morgan fingerprint density at radius 3 is 2.78 bits per heavy atom. The molecule has 0 aliphatic carbocycles. The molecule has 0 saturated carbocycles. The number of aromatic amines is 1. The van der Waals surface area contributed by atoms with Gasteiger partial charge in [0.1, 0.15) is 17.4 Å². The number of benzene rings is 2. The Morgan fingerprint density at radius 2 is 2.05 bits per heavy atom. The van der Waals surface area contributed by atoms with Gasteiger partial charge < -0.3 is 20.5 Å². The van der Waals surface area contributed by atoms with Crippen molar-refractivity contribution in [1.82, 2.24) is 15.2 Å². The van der Waals surface area contributed by atoms with Crippen molar-refractivity contribution < 1.29 is 18.8 Å². The lowest BCUT2D eigenvalue weighted by atomic mass is 9.79. The number of halogens is 2. The Labute approximate surface area is 218 Å². The van der Waals surface area contributed by atoms with Crippen LogP contribution >= 0.6 is 11.6 Å². The van der Waals surface area contributed by atoms with Crippen LogP contribution < -0.4 is 10.6 Å². The summed E-state index contributed by atoms with van der Waals surface area (Å²) in [5, 5.41) is 6.82.